The number of nitrogens with one attached hydrogen (secondary N) is 2. The van der Waals surface area contributed by atoms with Crippen LogP contribution in [0.4, 0.5) is 10.7 Å². The standard InChI is InChI=1S/C19H17N7O/c1-2-21-19(27)24-18-23-17-11-14(13-6-5-8-20-12-13)10-16(26(17)25-18)15-7-3-4-9-22-15/h3-12H,2H2,1H3,(H2,21,24,25,27). The first-order valence-electron chi connectivity index (χ1n) is 8.52. The molecule has 4 aromatic heterocycles. The summed E-state index contributed by atoms with van der Waals surface area (Å²) >= 11 is 0. The van der Waals surface area contributed by atoms with Crippen LogP contribution in [-0.2, 0) is 0 Å². The Morgan fingerprint density at radius 2 is 2.04 bits per heavy atom. The Kier molecular flexibility index (Phi) is 4.44. The Hall–Kier alpha value is -3.81. The number of pyridine rings is 3. The molecule has 4 aromatic rings. The summed E-state index contributed by atoms with van der Waals surface area (Å²) < 4.78 is 1.67. The summed E-state index contributed by atoms with van der Waals surface area (Å²) in [6, 6.07) is 13.1. The first kappa shape index (κ1) is 16.6. The van der Waals surface area contributed by atoms with Crippen molar-refractivity contribution in [3.8, 4) is 22.5 Å². The van der Waals surface area contributed by atoms with E-state index >= 15 is 0 Å². The van der Waals surface area contributed by atoms with Crippen LogP contribution < -0.4 is 10.6 Å². The maximum Gasteiger partial charge on any atom is 0.321 e. The molecule has 4 heterocycles. The Labute approximate surface area is 155 Å². The van der Waals surface area contributed by atoms with Crippen LogP contribution in [0.5, 0.6) is 0 Å². The number of nitrogens with zero attached hydrogens (tertiary/aromatic N) is 5. The van der Waals surface area contributed by atoms with Gasteiger partial charge in [-0.05, 0) is 42.8 Å². The molecule has 2 amide bonds. The van der Waals surface area contributed by atoms with Gasteiger partial charge >= 0.3 is 6.03 Å². The number of aromatic nitrogens is 5. The molecule has 0 spiro atoms. The molecule has 0 aromatic carbocycles. The summed E-state index contributed by atoms with van der Waals surface area (Å²) in [5, 5.41) is 9.73. The average Bonchev–Trinajstić information content (AvgIpc) is 3.11. The number of rotatable bonds is 4. The first-order chi connectivity index (χ1) is 13.2. The van der Waals surface area contributed by atoms with E-state index in [0.29, 0.717) is 12.2 Å². The minimum Gasteiger partial charge on any atom is -0.338 e. The van der Waals surface area contributed by atoms with Crippen molar-refractivity contribution in [2.75, 3.05) is 11.9 Å². The molecule has 0 bridgehead atoms. The number of hydrogen-bond donors (Lipinski definition) is 2. The van der Waals surface area contributed by atoms with Crippen LogP contribution in [0, 0.1) is 0 Å². The highest BCUT2D eigenvalue weighted by Gasteiger charge is 2.14. The second-order valence-corrected chi connectivity index (χ2v) is 5.78. The SMILES string of the molecule is CCNC(=O)Nc1nc2cc(-c3cccnc3)cc(-c3ccccn3)n2n1. The molecule has 8 heteroatoms. The first-order valence-corrected chi connectivity index (χ1v) is 8.52. The van der Waals surface area contributed by atoms with Crippen molar-refractivity contribution in [2.45, 2.75) is 6.92 Å². The molecule has 8 nitrogen and oxygen atoms in total. The maximum atomic E-state index is 11.8. The third kappa shape index (κ3) is 3.45. The zero-order valence-corrected chi connectivity index (χ0v) is 14.6. The van der Waals surface area contributed by atoms with Gasteiger partial charge < -0.3 is 5.32 Å². The van der Waals surface area contributed by atoms with Gasteiger partial charge in [0, 0.05) is 30.7 Å². The lowest BCUT2D eigenvalue weighted by Gasteiger charge is -2.07. The summed E-state index contributed by atoms with van der Waals surface area (Å²) in [7, 11) is 0. The van der Waals surface area contributed by atoms with Gasteiger partial charge in [0.05, 0.1) is 11.4 Å². The molecule has 0 aliphatic carbocycles. The van der Waals surface area contributed by atoms with Crippen LogP contribution in [0.3, 0.4) is 0 Å². The molecular weight excluding hydrogens is 342 g/mol. The van der Waals surface area contributed by atoms with Crippen LogP contribution in [0.25, 0.3) is 28.2 Å². The summed E-state index contributed by atoms with van der Waals surface area (Å²) in [4.78, 5) is 24.9. The van der Waals surface area contributed by atoms with E-state index in [2.05, 4.69) is 30.7 Å². The molecule has 134 valence electrons. The van der Waals surface area contributed by atoms with E-state index in [4.69, 9.17) is 0 Å². The Balaban J connectivity index is 1.86. The highest BCUT2D eigenvalue weighted by molar-refractivity contribution is 5.87. The van der Waals surface area contributed by atoms with Crippen LogP contribution in [-0.4, -0.2) is 37.1 Å². The zero-order valence-electron chi connectivity index (χ0n) is 14.6. The number of carbonyl (C=O) groups excluding carboxylic acids is 1. The number of urea groups is 1. The van der Waals surface area contributed by atoms with E-state index in [1.165, 1.54) is 0 Å². The zero-order chi connectivity index (χ0) is 18.6. The van der Waals surface area contributed by atoms with Crippen molar-refractivity contribution in [1.82, 2.24) is 29.9 Å². The number of anilines is 1. The van der Waals surface area contributed by atoms with Crippen molar-refractivity contribution < 1.29 is 4.79 Å². The molecule has 27 heavy (non-hydrogen) atoms. The van der Waals surface area contributed by atoms with E-state index in [1.807, 2.05) is 49.4 Å². The smallest absolute Gasteiger partial charge is 0.321 e. The summed E-state index contributed by atoms with van der Waals surface area (Å²) in [6.07, 6.45) is 5.24. The number of amides is 2. The van der Waals surface area contributed by atoms with Gasteiger partial charge in [-0.15, -0.1) is 5.10 Å². The van der Waals surface area contributed by atoms with E-state index in [0.717, 1.165) is 22.5 Å². The van der Waals surface area contributed by atoms with Gasteiger partial charge in [-0.2, -0.15) is 4.98 Å². The van der Waals surface area contributed by atoms with Crippen LogP contribution >= 0.6 is 0 Å². The predicted molar refractivity (Wildman–Crippen MR) is 102 cm³/mol. The Morgan fingerprint density at radius 3 is 2.78 bits per heavy atom. The van der Waals surface area contributed by atoms with Gasteiger partial charge in [0.25, 0.3) is 5.95 Å². The molecule has 2 N–H and O–H groups in total. The Morgan fingerprint density at radius 1 is 1.11 bits per heavy atom. The number of carbonyl (C=O) groups is 1. The minimum atomic E-state index is -0.347. The van der Waals surface area contributed by atoms with E-state index in [1.54, 1.807) is 23.1 Å². The molecule has 0 atom stereocenters. The lowest BCUT2D eigenvalue weighted by Crippen LogP contribution is -2.28. The van der Waals surface area contributed by atoms with Gasteiger partial charge in [0.1, 0.15) is 0 Å². The number of fused-ring (bicyclic) bond motifs is 1. The van der Waals surface area contributed by atoms with Gasteiger partial charge in [-0.1, -0.05) is 12.1 Å². The van der Waals surface area contributed by atoms with Crippen molar-refractivity contribution in [3.05, 3.63) is 61.1 Å². The number of hydrogen-bond acceptors (Lipinski definition) is 5. The van der Waals surface area contributed by atoms with Gasteiger partial charge in [0.15, 0.2) is 5.65 Å². The summed E-state index contributed by atoms with van der Waals surface area (Å²) in [6.45, 7) is 2.36. The lowest BCUT2D eigenvalue weighted by atomic mass is 10.1. The fraction of sp³-hybridized carbons (Fsp3) is 0.105. The molecule has 4 rings (SSSR count). The van der Waals surface area contributed by atoms with Crippen molar-refractivity contribution in [3.63, 3.8) is 0 Å². The normalized spacial score (nSPS) is 10.7. The molecule has 0 saturated heterocycles. The second-order valence-electron chi connectivity index (χ2n) is 5.78. The predicted octanol–water partition coefficient (Wildman–Crippen LogP) is 2.99. The molecule has 0 unspecified atom stereocenters. The van der Waals surface area contributed by atoms with E-state index < -0.39 is 0 Å². The lowest BCUT2D eigenvalue weighted by molar-refractivity contribution is 0.252. The molecule has 0 fully saturated rings. The highest BCUT2D eigenvalue weighted by atomic mass is 16.2. The molecule has 0 radical (unpaired) electrons. The van der Waals surface area contributed by atoms with E-state index in [9.17, 15) is 4.79 Å². The highest BCUT2D eigenvalue weighted by Crippen LogP contribution is 2.27. The largest absolute Gasteiger partial charge is 0.338 e. The van der Waals surface area contributed by atoms with Crippen molar-refractivity contribution >= 4 is 17.6 Å². The topological polar surface area (TPSA) is 97.1 Å². The summed E-state index contributed by atoms with van der Waals surface area (Å²) in [5.41, 5.74) is 4.02. The second kappa shape index (κ2) is 7.20. The molecule has 0 saturated carbocycles. The van der Waals surface area contributed by atoms with Gasteiger partial charge in [0.2, 0.25) is 0 Å². The molecule has 0 aliphatic rings. The molecule has 0 aliphatic heterocycles. The average molecular weight is 359 g/mol. The Bertz CT molecular complexity index is 1080. The van der Waals surface area contributed by atoms with E-state index in [-0.39, 0.29) is 12.0 Å². The van der Waals surface area contributed by atoms with Crippen molar-refractivity contribution in [1.29, 1.82) is 0 Å². The third-order valence-corrected chi connectivity index (χ3v) is 3.92. The van der Waals surface area contributed by atoms with Crippen LogP contribution in [0.2, 0.25) is 0 Å². The monoisotopic (exact) mass is 359 g/mol. The van der Waals surface area contributed by atoms with Crippen LogP contribution in [0.1, 0.15) is 6.92 Å². The van der Waals surface area contributed by atoms with Crippen molar-refractivity contribution in [2.24, 2.45) is 0 Å². The molecular formula is C19H17N7O. The third-order valence-electron chi connectivity index (χ3n) is 3.92. The maximum absolute atomic E-state index is 11.8. The minimum absolute atomic E-state index is 0.224. The quantitative estimate of drug-likeness (QED) is 0.584. The van der Waals surface area contributed by atoms with Gasteiger partial charge in [-0.25, -0.2) is 9.31 Å². The fourth-order valence-electron chi connectivity index (χ4n) is 2.74. The fourth-order valence-corrected chi connectivity index (χ4v) is 2.74. The summed E-state index contributed by atoms with van der Waals surface area (Å²) in [5.74, 6) is 0.224. The van der Waals surface area contributed by atoms with Crippen LogP contribution in [0.15, 0.2) is 61.1 Å². The van der Waals surface area contributed by atoms with Gasteiger partial charge in [-0.3, -0.25) is 15.3 Å².